The summed E-state index contributed by atoms with van der Waals surface area (Å²) in [6.45, 7) is 0.708. The fourth-order valence-corrected chi connectivity index (χ4v) is 3.97. The summed E-state index contributed by atoms with van der Waals surface area (Å²) >= 11 is 5.79. The van der Waals surface area contributed by atoms with Gasteiger partial charge in [-0.3, -0.25) is 4.79 Å². The molecule has 2 aromatic rings. The highest BCUT2D eigenvalue weighted by atomic mass is 35.5. The Morgan fingerprint density at radius 2 is 1.69 bits per heavy atom. The molecule has 5 nitrogen and oxygen atoms in total. The Kier molecular flexibility index (Phi) is 7.20. The van der Waals surface area contributed by atoms with Crippen molar-refractivity contribution in [3.05, 3.63) is 65.2 Å². The summed E-state index contributed by atoms with van der Waals surface area (Å²) in [6, 6.07) is 15.5. The van der Waals surface area contributed by atoms with E-state index < -0.39 is 9.84 Å². The van der Waals surface area contributed by atoms with E-state index in [4.69, 9.17) is 11.6 Å². The molecule has 0 aliphatic rings. The number of likely N-dealkylation sites (N-methyl/N-ethyl adjacent to an activating group) is 1. The zero-order chi connectivity index (χ0) is 19.2. The lowest BCUT2D eigenvalue weighted by molar-refractivity contribution is -0.860. The zero-order valence-corrected chi connectivity index (χ0v) is 16.5. The SMILES string of the molecule is C[NH+](C)C[C@H](NC(=O)CCS(=O)(=O)c1ccc(Cl)cc1)c1ccccc1. The molecular weight excluding hydrogens is 372 g/mol. The van der Waals surface area contributed by atoms with E-state index in [9.17, 15) is 13.2 Å². The number of benzene rings is 2. The summed E-state index contributed by atoms with van der Waals surface area (Å²) in [5.41, 5.74) is 1.00. The van der Waals surface area contributed by atoms with Crippen molar-refractivity contribution >= 4 is 27.3 Å². The van der Waals surface area contributed by atoms with Gasteiger partial charge in [0.15, 0.2) is 9.84 Å². The number of hydrogen-bond acceptors (Lipinski definition) is 3. The molecule has 0 aliphatic heterocycles. The topological polar surface area (TPSA) is 67.7 Å². The van der Waals surface area contributed by atoms with Gasteiger partial charge in [0.1, 0.15) is 12.6 Å². The van der Waals surface area contributed by atoms with Crippen molar-refractivity contribution in [3.63, 3.8) is 0 Å². The van der Waals surface area contributed by atoms with E-state index in [1.54, 1.807) is 0 Å². The van der Waals surface area contributed by atoms with Crippen LogP contribution in [0.15, 0.2) is 59.5 Å². The Morgan fingerprint density at radius 1 is 1.08 bits per heavy atom. The minimum absolute atomic E-state index is 0.0863. The summed E-state index contributed by atoms with van der Waals surface area (Å²) < 4.78 is 24.7. The molecule has 2 rings (SSSR count). The third-order valence-electron chi connectivity index (χ3n) is 3.92. The lowest BCUT2D eigenvalue weighted by Crippen LogP contribution is -3.06. The minimum atomic E-state index is -3.52. The second kappa shape index (κ2) is 9.16. The number of carbonyl (C=O) groups is 1. The van der Waals surface area contributed by atoms with Crippen molar-refractivity contribution in [2.75, 3.05) is 26.4 Å². The molecule has 0 fully saturated rings. The number of amides is 1. The second-order valence-electron chi connectivity index (χ2n) is 6.46. The third kappa shape index (κ3) is 6.12. The Balaban J connectivity index is 2.00. The average Bonchev–Trinajstić information content (AvgIpc) is 2.60. The first-order chi connectivity index (χ1) is 12.3. The lowest BCUT2D eigenvalue weighted by Gasteiger charge is -2.21. The monoisotopic (exact) mass is 395 g/mol. The Hall–Kier alpha value is -1.89. The number of hydrogen-bond donors (Lipinski definition) is 2. The number of halogens is 1. The Bertz CT molecular complexity index is 822. The molecule has 2 aromatic carbocycles. The van der Waals surface area contributed by atoms with Crippen molar-refractivity contribution in [2.45, 2.75) is 17.4 Å². The van der Waals surface area contributed by atoms with Gasteiger partial charge in [0.2, 0.25) is 5.91 Å². The van der Waals surface area contributed by atoms with Crippen LogP contribution in [0.25, 0.3) is 0 Å². The first-order valence-electron chi connectivity index (χ1n) is 8.39. The van der Waals surface area contributed by atoms with Crippen LogP contribution in [0, 0.1) is 0 Å². The highest BCUT2D eigenvalue weighted by Gasteiger charge is 2.20. The molecule has 0 aliphatic carbocycles. The van der Waals surface area contributed by atoms with E-state index in [1.165, 1.54) is 29.2 Å². The van der Waals surface area contributed by atoms with E-state index >= 15 is 0 Å². The van der Waals surface area contributed by atoms with Crippen LogP contribution in [0.5, 0.6) is 0 Å². The largest absolute Gasteiger partial charge is 0.344 e. The van der Waals surface area contributed by atoms with Gasteiger partial charge >= 0.3 is 0 Å². The average molecular weight is 396 g/mol. The maximum absolute atomic E-state index is 12.4. The lowest BCUT2D eigenvalue weighted by atomic mass is 10.1. The molecule has 0 saturated carbocycles. The summed E-state index contributed by atoms with van der Waals surface area (Å²) in [5, 5.41) is 3.42. The van der Waals surface area contributed by atoms with Crippen LogP contribution in [0.2, 0.25) is 5.02 Å². The molecule has 2 N–H and O–H groups in total. The van der Waals surface area contributed by atoms with Crippen LogP contribution in [0.1, 0.15) is 18.0 Å². The summed E-state index contributed by atoms with van der Waals surface area (Å²) in [4.78, 5) is 13.7. The maximum Gasteiger partial charge on any atom is 0.221 e. The van der Waals surface area contributed by atoms with Crippen molar-refractivity contribution in [3.8, 4) is 0 Å². The van der Waals surface area contributed by atoms with Crippen molar-refractivity contribution in [1.29, 1.82) is 0 Å². The number of rotatable bonds is 8. The van der Waals surface area contributed by atoms with Gasteiger partial charge in [-0.05, 0) is 29.8 Å². The van der Waals surface area contributed by atoms with Crippen LogP contribution in [-0.2, 0) is 14.6 Å². The minimum Gasteiger partial charge on any atom is -0.344 e. The smallest absolute Gasteiger partial charge is 0.221 e. The van der Waals surface area contributed by atoms with E-state index in [0.29, 0.717) is 11.6 Å². The molecule has 0 heterocycles. The predicted octanol–water partition coefficient (Wildman–Crippen LogP) is 1.51. The van der Waals surface area contributed by atoms with Crippen LogP contribution in [0.4, 0.5) is 0 Å². The van der Waals surface area contributed by atoms with E-state index in [-0.39, 0.29) is 29.0 Å². The van der Waals surface area contributed by atoms with Crippen LogP contribution < -0.4 is 10.2 Å². The van der Waals surface area contributed by atoms with Gasteiger partial charge in [-0.1, -0.05) is 41.9 Å². The van der Waals surface area contributed by atoms with Gasteiger partial charge in [0.25, 0.3) is 0 Å². The van der Waals surface area contributed by atoms with Crippen LogP contribution in [-0.4, -0.2) is 40.7 Å². The molecule has 0 saturated heterocycles. The van der Waals surface area contributed by atoms with Gasteiger partial charge in [0.05, 0.1) is 24.7 Å². The fourth-order valence-electron chi connectivity index (χ4n) is 2.60. The molecule has 7 heteroatoms. The molecule has 1 atom stereocenters. The summed E-state index contributed by atoms with van der Waals surface area (Å²) in [6.07, 6.45) is -0.0863. The molecule has 0 unspecified atom stereocenters. The first kappa shape index (κ1) is 20.4. The number of quaternary nitrogens is 1. The van der Waals surface area contributed by atoms with E-state index in [0.717, 1.165) is 5.56 Å². The second-order valence-corrected chi connectivity index (χ2v) is 9.01. The molecule has 0 bridgehead atoms. The van der Waals surface area contributed by atoms with Crippen molar-refractivity contribution in [1.82, 2.24) is 5.32 Å². The zero-order valence-electron chi connectivity index (χ0n) is 14.9. The standard InChI is InChI=1S/C19H23ClN2O3S/c1-22(2)14-18(15-6-4-3-5-7-15)21-19(23)12-13-26(24,25)17-10-8-16(20)9-11-17/h3-11,18H,12-14H2,1-2H3,(H,21,23)/p+1/t18-/m0/s1. The van der Waals surface area contributed by atoms with Crippen molar-refractivity contribution < 1.29 is 18.1 Å². The van der Waals surface area contributed by atoms with Crippen LogP contribution in [0.3, 0.4) is 0 Å². The number of sulfone groups is 1. The normalized spacial score (nSPS) is 12.8. The molecule has 0 aromatic heterocycles. The van der Waals surface area contributed by atoms with Gasteiger partial charge < -0.3 is 10.2 Å². The first-order valence-corrected chi connectivity index (χ1v) is 10.4. The highest BCUT2D eigenvalue weighted by molar-refractivity contribution is 7.91. The Labute approximate surface area is 159 Å². The Morgan fingerprint density at radius 3 is 2.27 bits per heavy atom. The maximum atomic E-state index is 12.4. The van der Waals surface area contributed by atoms with Gasteiger partial charge in [-0.25, -0.2) is 8.42 Å². The molecule has 0 spiro atoms. The molecule has 140 valence electrons. The number of nitrogens with one attached hydrogen (secondary N) is 2. The predicted molar refractivity (Wildman–Crippen MR) is 103 cm³/mol. The van der Waals surface area contributed by atoms with Gasteiger partial charge in [-0.2, -0.15) is 0 Å². The van der Waals surface area contributed by atoms with Crippen molar-refractivity contribution in [2.24, 2.45) is 0 Å². The van der Waals surface area contributed by atoms with Gasteiger partial charge in [-0.15, -0.1) is 0 Å². The quantitative estimate of drug-likeness (QED) is 0.711. The van der Waals surface area contributed by atoms with E-state index in [2.05, 4.69) is 5.32 Å². The van der Waals surface area contributed by atoms with Crippen LogP contribution >= 0.6 is 11.6 Å². The fraction of sp³-hybridized carbons (Fsp3) is 0.316. The molecule has 0 radical (unpaired) electrons. The molecule has 26 heavy (non-hydrogen) atoms. The number of carbonyl (C=O) groups excluding carboxylic acids is 1. The molecule has 1 amide bonds. The van der Waals surface area contributed by atoms with E-state index in [1.807, 2.05) is 44.4 Å². The summed E-state index contributed by atoms with van der Waals surface area (Å²) in [5.74, 6) is -0.519. The molecular formula is C19H24ClN2O3S+. The van der Waals surface area contributed by atoms with Gasteiger partial charge in [0, 0.05) is 11.4 Å². The summed E-state index contributed by atoms with van der Waals surface area (Å²) in [7, 11) is 0.494. The highest BCUT2D eigenvalue weighted by Crippen LogP contribution is 2.16. The third-order valence-corrected chi connectivity index (χ3v) is 5.90.